The highest BCUT2D eigenvalue weighted by Gasteiger charge is 2.44. The number of nitrogens with zero attached hydrogens (tertiary/aromatic N) is 5. The molecule has 2 atom stereocenters. The molecule has 0 saturated carbocycles. The Morgan fingerprint density at radius 3 is 2.36 bits per heavy atom. The number of fused-ring (bicyclic) bond motifs is 1. The molecule has 1 aromatic carbocycles. The van der Waals surface area contributed by atoms with Gasteiger partial charge in [0.1, 0.15) is 26.5 Å². The molecule has 1 amide bonds. The van der Waals surface area contributed by atoms with E-state index in [9.17, 15) is 4.79 Å². The van der Waals surface area contributed by atoms with Crippen molar-refractivity contribution >= 4 is 33.2 Å². The summed E-state index contributed by atoms with van der Waals surface area (Å²) in [5.41, 5.74) is 9.23. The average molecular weight is 720 g/mol. The predicted molar refractivity (Wildman–Crippen MR) is 207 cm³/mol. The van der Waals surface area contributed by atoms with Crippen LogP contribution in [0, 0.1) is 11.5 Å². The Bertz CT molecular complexity index is 1700. The number of aryl methyl sites for hydroxylation is 1. The number of carbonyl (C=O) groups is 1. The fourth-order valence-electron chi connectivity index (χ4n) is 7.76. The van der Waals surface area contributed by atoms with Gasteiger partial charge in [-0.05, 0) is 78.1 Å². The fourth-order valence-corrected chi connectivity index (χ4v) is 14.2. The van der Waals surface area contributed by atoms with Gasteiger partial charge in [0.2, 0.25) is 5.88 Å². The van der Waals surface area contributed by atoms with Gasteiger partial charge in [-0.1, -0.05) is 74.3 Å². The van der Waals surface area contributed by atoms with Crippen LogP contribution in [-0.2, 0) is 21.0 Å². The first-order valence-electron chi connectivity index (χ1n) is 18.8. The second kappa shape index (κ2) is 15.0. The smallest absolute Gasteiger partial charge is 0.250 e. The summed E-state index contributed by atoms with van der Waals surface area (Å²) in [6, 6.07) is 6.44. The first-order valence-corrected chi connectivity index (χ1v) is 23.9. The van der Waals surface area contributed by atoms with E-state index in [4.69, 9.17) is 19.0 Å². The minimum atomic E-state index is -2.04. The van der Waals surface area contributed by atoms with Gasteiger partial charge in [-0.15, -0.1) is 5.54 Å². The minimum Gasteiger partial charge on any atom is -0.476 e. The quantitative estimate of drug-likeness (QED) is 0.146. The van der Waals surface area contributed by atoms with Crippen LogP contribution in [0.1, 0.15) is 99.9 Å². The monoisotopic (exact) mass is 719 g/mol. The molecule has 2 aliphatic rings. The molecule has 50 heavy (non-hydrogen) atoms. The molecule has 11 heteroatoms. The van der Waals surface area contributed by atoms with Crippen molar-refractivity contribution in [2.75, 3.05) is 26.3 Å². The van der Waals surface area contributed by atoms with Crippen LogP contribution in [0.4, 0.5) is 0 Å². The molecule has 2 fully saturated rings. The SMILES string of the molecule is CC(C)[Si](C#Cc1nn(C2CCCCO2)c2ccc(-c3cnn(C)c3OCCN3CC[C@H](O[Si](C)(C)C(C)(C)C)C3=O)cc12)(C(C)C)C(C)C. The topological polar surface area (TPSA) is 83.6 Å². The third-order valence-electron chi connectivity index (χ3n) is 11.7. The number of aromatic nitrogens is 4. The zero-order chi connectivity index (χ0) is 36.6. The number of rotatable bonds is 11. The molecule has 0 bridgehead atoms. The number of benzene rings is 1. The van der Waals surface area contributed by atoms with Gasteiger partial charge in [-0.3, -0.25) is 4.79 Å². The lowest BCUT2D eigenvalue weighted by atomic mass is 10.1. The molecule has 4 heterocycles. The van der Waals surface area contributed by atoms with E-state index < -0.39 is 16.4 Å². The molecule has 0 spiro atoms. The van der Waals surface area contributed by atoms with Gasteiger partial charge in [0.15, 0.2) is 14.5 Å². The zero-order valence-electron chi connectivity index (χ0n) is 32.7. The van der Waals surface area contributed by atoms with Gasteiger partial charge in [-0.2, -0.15) is 10.2 Å². The molecule has 9 nitrogen and oxygen atoms in total. The summed E-state index contributed by atoms with van der Waals surface area (Å²) in [6.07, 6.45) is 5.28. The highest BCUT2D eigenvalue weighted by molar-refractivity contribution is 6.90. The second-order valence-electron chi connectivity index (χ2n) is 16.8. The van der Waals surface area contributed by atoms with Gasteiger partial charge < -0.3 is 18.8 Å². The largest absolute Gasteiger partial charge is 0.476 e. The molecule has 0 radical (unpaired) electrons. The summed E-state index contributed by atoms with van der Waals surface area (Å²) in [6.45, 7) is 27.4. The van der Waals surface area contributed by atoms with Crippen LogP contribution in [0.25, 0.3) is 22.0 Å². The van der Waals surface area contributed by atoms with E-state index in [1.165, 1.54) is 0 Å². The Hall–Kier alpha value is -2.92. The molecule has 2 aliphatic heterocycles. The third-order valence-corrected chi connectivity index (χ3v) is 22.5. The predicted octanol–water partition coefficient (Wildman–Crippen LogP) is 8.71. The average Bonchev–Trinajstić information content (AvgIpc) is 3.71. The van der Waals surface area contributed by atoms with Crippen LogP contribution in [0.5, 0.6) is 5.88 Å². The van der Waals surface area contributed by atoms with Crippen LogP contribution in [0.15, 0.2) is 24.4 Å². The van der Waals surface area contributed by atoms with Gasteiger partial charge in [-0.25, -0.2) is 9.36 Å². The van der Waals surface area contributed by atoms with E-state index in [1.807, 2.05) is 18.1 Å². The number of hydrogen-bond donors (Lipinski definition) is 0. The Balaban J connectivity index is 1.42. The molecule has 2 saturated heterocycles. The van der Waals surface area contributed by atoms with Crippen molar-refractivity contribution in [1.29, 1.82) is 0 Å². The second-order valence-corrected chi connectivity index (χ2v) is 27.1. The van der Waals surface area contributed by atoms with Gasteiger partial charge in [0, 0.05) is 25.6 Å². The highest BCUT2D eigenvalue weighted by Crippen LogP contribution is 2.42. The lowest BCUT2D eigenvalue weighted by molar-refractivity contribution is -0.134. The number of carbonyl (C=O) groups excluding carboxylic acids is 1. The lowest BCUT2D eigenvalue weighted by Crippen LogP contribution is -2.46. The number of amides is 1. The minimum absolute atomic E-state index is 0.0565. The maximum Gasteiger partial charge on any atom is 0.250 e. The standard InChI is InChI=1S/C39H61N5O4Si2/c1-27(2)50(28(3)4,29(5)6)24-19-33-31-25-30(16-17-34(31)44(41-33)36-15-13-14-22-46-36)32-26-40-42(10)38(32)47-23-21-43-20-18-35(37(43)45)48-49(11,12)39(7,8)9/h16-17,25-29,35-36H,13-15,18,20-23H2,1-12H3/t35-,36?/m0/s1. The van der Waals surface area contributed by atoms with Gasteiger partial charge >= 0.3 is 0 Å². The number of likely N-dealkylation sites (tertiary alicyclic amines) is 1. The van der Waals surface area contributed by atoms with Crippen molar-refractivity contribution < 1.29 is 18.7 Å². The van der Waals surface area contributed by atoms with Gasteiger partial charge in [0.25, 0.3) is 5.91 Å². The van der Waals surface area contributed by atoms with E-state index in [0.717, 1.165) is 60.0 Å². The van der Waals surface area contributed by atoms with E-state index >= 15 is 0 Å². The van der Waals surface area contributed by atoms with Crippen LogP contribution >= 0.6 is 0 Å². The van der Waals surface area contributed by atoms with Crippen LogP contribution in [0.2, 0.25) is 34.8 Å². The molecule has 0 N–H and O–H groups in total. The summed E-state index contributed by atoms with van der Waals surface area (Å²) >= 11 is 0. The van der Waals surface area contributed by atoms with Crippen molar-refractivity contribution in [3.05, 3.63) is 30.1 Å². The van der Waals surface area contributed by atoms with E-state index in [0.29, 0.717) is 42.2 Å². The zero-order valence-corrected chi connectivity index (χ0v) is 34.7. The summed E-state index contributed by atoms with van der Waals surface area (Å²) in [5, 5.41) is 10.8. The molecule has 274 valence electrons. The first kappa shape index (κ1) is 38.3. The number of hydrogen-bond acceptors (Lipinski definition) is 6. The summed E-state index contributed by atoms with van der Waals surface area (Å²) in [5.74, 6) is 4.40. The molecule has 2 aromatic heterocycles. The van der Waals surface area contributed by atoms with Crippen molar-refractivity contribution in [2.45, 2.75) is 135 Å². The molecule has 0 aliphatic carbocycles. The first-order chi connectivity index (χ1) is 23.5. The Kier molecular flexibility index (Phi) is 11.5. The van der Waals surface area contributed by atoms with Crippen LogP contribution in [0.3, 0.4) is 0 Å². The Morgan fingerprint density at radius 1 is 1.04 bits per heavy atom. The van der Waals surface area contributed by atoms with Crippen molar-refractivity contribution in [3.8, 4) is 28.5 Å². The van der Waals surface area contributed by atoms with Gasteiger partial charge in [0.05, 0.1) is 23.8 Å². The maximum absolute atomic E-state index is 13.3. The molecular weight excluding hydrogens is 659 g/mol. The molecule has 1 unspecified atom stereocenters. The Morgan fingerprint density at radius 2 is 1.74 bits per heavy atom. The van der Waals surface area contributed by atoms with Crippen molar-refractivity contribution in [3.63, 3.8) is 0 Å². The summed E-state index contributed by atoms with van der Waals surface area (Å²) in [4.78, 5) is 15.2. The molecular formula is C39H61N5O4Si2. The van der Waals surface area contributed by atoms with Crippen LogP contribution < -0.4 is 4.74 Å². The van der Waals surface area contributed by atoms with E-state index in [1.54, 1.807) is 4.68 Å². The van der Waals surface area contributed by atoms with Crippen molar-refractivity contribution in [2.24, 2.45) is 7.05 Å². The Labute approximate surface area is 302 Å². The van der Waals surface area contributed by atoms with Crippen LogP contribution in [-0.4, -0.2) is 79.2 Å². The third kappa shape index (κ3) is 7.50. The van der Waals surface area contributed by atoms with E-state index in [2.05, 4.69) is 115 Å². The number of ether oxygens (including phenoxy) is 2. The van der Waals surface area contributed by atoms with Crippen molar-refractivity contribution in [1.82, 2.24) is 24.5 Å². The fraction of sp³-hybridized carbons (Fsp3) is 0.667. The maximum atomic E-state index is 13.3. The summed E-state index contributed by atoms with van der Waals surface area (Å²) < 4.78 is 22.9. The molecule has 3 aromatic rings. The lowest BCUT2D eigenvalue weighted by Gasteiger charge is -2.38. The normalized spacial score (nSPS) is 19.3. The summed E-state index contributed by atoms with van der Waals surface area (Å²) in [7, 11) is -2.12. The molecule has 5 rings (SSSR count). The van der Waals surface area contributed by atoms with E-state index in [-0.39, 0.29) is 23.3 Å². The highest BCUT2D eigenvalue weighted by atomic mass is 28.4.